The molecule has 0 aliphatic carbocycles. The number of halogens is 2. The van der Waals surface area contributed by atoms with Crippen molar-refractivity contribution in [3.63, 3.8) is 0 Å². The minimum atomic E-state index is -2.72. The second-order valence-electron chi connectivity index (χ2n) is 6.56. The summed E-state index contributed by atoms with van der Waals surface area (Å²) in [5.74, 6) is 0.211. The number of amides is 1. The van der Waals surface area contributed by atoms with E-state index in [1.54, 1.807) is 13.0 Å². The number of aromatic nitrogens is 1. The molecule has 7 heteroatoms. The molecule has 5 nitrogen and oxygen atoms in total. The van der Waals surface area contributed by atoms with Crippen molar-refractivity contribution < 1.29 is 23.0 Å². The molecule has 134 valence electrons. The summed E-state index contributed by atoms with van der Waals surface area (Å²) in [5.41, 5.74) is 0.392. The predicted octanol–water partition coefficient (Wildman–Crippen LogP) is 2.75. The van der Waals surface area contributed by atoms with Crippen molar-refractivity contribution in [1.29, 1.82) is 0 Å². The molecule has 0 unspecified atom stereocenters. The molecule has 0 aromatic carbocycles. The number of alkyl halides is 2. The average Bonchev–Trinajstić information content (AvgIpc) is 2.98. The lowest BCUT2D eigenvalue weighted by atomic mass is 9.79. The maximum Gasteiger partial charge on any atom is 0.319 e. The summed E-state index contributed by atoms with van der Waals surface area (Å²) < 4.78 is 38.1. The monoisotopic (exact) mass is 342 g/mol. The van der Waals surface area contributed by atoms with E-state index in [2.05, 4.69) is 5.32 Å². The average molecular weight is 342 g/mol. The van der Waals surface area contributed by atoms with E-state index in [0.717, 1.165) is 30.6 Å². The van der Waals surface area contributed by atoms with Crippen LogP contribution in [0.15, 0.2) is 12.1 Å². The second kappa shape index (κ2) is 7.61. The van der Waals surface area contributed by atoms with Crippen LogP contribution in [-0.4, -0.2) is 42.9 Å². The van der Waals surface area contributed by atoms with Crippen LogP contribution in [0, 0.1) is 18.8 Å². The molecule has 3 rings (SSSR count). The van der Waals surface area contributed by atoms with Gasteiger partial charge in [-0.15, -0.1) is 0 Å². The predicted molar refractivity (Wildman–Crippen MR) is 84.1 cm³/mol. The van der Waals surface area contributed by atoms with E-state index in [1.165, 1.54) is 6.07 Å². The first-order valence-corrected chi connectivity index (χ1v) is 8.50. The Morgan fingerprint density at radius 2 is 1.92 bits per heavy atom. The maximum atomic E-state index is 13.2. The van der Waals surface area contributed by atoms with Crippen LogP contribution in [0.5, 0.6) is 0 Å². The van der Waals surface area contributed by atoms with Gasteiger partial charge < -0.3 is 14.8 Å². The first kappa shape index (κ1) is 17.4. The number of carbonyl (C=O) groups excluding carboxylic acids is 1. The molecule has 24 heavy (non-hydrogen) atoms. The van der Waals surface area contributed by atoms with Gasteiger partial charge in [0.05, 0.1) is 6.61 Å². The van der Waals surface area contributed by atoms with Crippen LogP contribution in [0.2, 0.25) is 0 Å². The zero-order valence-electron chi connectivity index (χ0n) is 13.8. The molecule has 1 aromatic heterocycles. The van der Waals surface area contributed by atoms with Gasteiger partial charge in [-0.25, -0.2) is 0 Å². The van der Waals surface area contributed by atoms with Crippen molar-refractivity contribution >= 4 is 5.91 Å². The Labute approximate surface area is 140 Å². The molecule has 1 N–H and O–H groups in total. The summed E-state index contributed by atoms with van der Waals surface area (Å²) in [4.78, 5) is 12.5. The van der Waals surface area contributed by atoms with Gasteiger partial charge in [-0.05, 0) is 44.2 Å². The second-order valence-corrected chi connectivity index (χ2v) is 6.56. The molecule has 2 atom stereocenters. The lowest BCUT2D eigenvalue weighted by Gasteiger charge is -2.39. The third kappa shape index (κ3) is 3.62. The Morgan fingerprint density at radius 3 is 2.62 bits per heavy atom. The van der Waals surface area contributed by atoms with E-state index >= 15 is 0 Å². The quantitative estimate of drug-likeness (QED) is 0.915. The Balaban J connectivity index is 1.72. The lowest BCUT2D eigenvalue weighted by molar-refractivity contribution is -0.0261. The number of hydrogen-bond donors (Lipinski definition) is 1. The fraction of sp³-hybridized carbons (Fsp3) is 0.706. The summed E-state index contributed by atoms with van der Waals surface area (Å²) in [5, 5.41) is 2.98. The van der Waals surface area contributed by atoms with Gasteiger partial charge in [0.25, 0.3) is 5.91 Å². The SMILES string of the molecule is Cc1ccc(C(=O)N[C@H]2CCOC[C@H]2C2CCOCC2)n1C(F)F. The molecular weight excluding hydrogens is 318 g/mol. The number of nitrogens with one attached hydrogen (secondary N) is 1. The van der Waals surface area contributed by atoms with E-state index in [1.807, 2.05) is 0 Å². The Hall–Kier alpha value is -1.47. The summed E-state index contributed by atoms with van der Waals surface area (Å²) in [6.07, 6.45) is 2.61. The van der Waals surface area contributed by atoms with Crippen molar-refractivity contribution in [3.05, 3.63) is 23.5 Å². The minimum absolute atomic E-state index is 0.0136. The first-order chi connectivity index (χ1) is 11.6. The molecule has 2 saturated heterocycles. The van der Waals surface area contributed by atoms with Crippen LogP contribution in [0.1, 0.15) is 42.0 Å². The molecule has 0 bridgehead atoms. The summed E-state index contributed by atoms with van der Waals surface area (Å²) >= 11 is 0. The number of ether oxygens (including phenoxy) is 2. The summed E-state index contributed by atoms with van der Waals surface area (Å²) in [6, 6.07) is 2.95. The Bertz CT molecular complexity index is 570. The molecular formula is C17H24F2N2O3. The highest BCUT2D eigenvalue weighted by Crippen LogP contribution is 2.30. The van der Waals surface area contributed by atoms with Crippen LogP contribution in [-0.2, 0) is 9.47 Å². The lowest BCUT2D eigenvalue weighted by Crippen LogP contribution is -2.49. The minimum Gasteiger partial charge on any atom is -0.381 e. The zero-order chi connectivity index (χ0) is 17.1. The first-order valence-electron chi connectivity index (χ1n) is 8.50. The topological polar surface area (TPSA) is 52.5 Å². The smallest absolute Gasteiger partial charge is 0.319 e. The number of nitrogens with zero attached hydrogens (tertiary/aromatic N) is 1. The van der Waals surface area contributed by atoms with Gasteiger partial charge in [0.15, 0.2) is 0 Å². The van der Waals surface area contributed by atoms with E-state index in [9.17, 15) is 13.6 Å². The molecule has 3 heterocycles. The maximum absolute atomic E-state index is 13.2. The molecule has 2 fully saturated rings. The standard InChI is InChI=1S/C17H24F2N2O3/c1-11-2-3-15(21(11)17(18)19)16(22)20-14-6-9-24-10-13(14)12-4-7-23-8-5-12/h2-3,12-14,17H,4-10H2,1H3,(H,20,22)/t13-,14-/m0/s1. The largest absolute Gasteiger partial charge is 0.381 e. The zero-order valence-corrected chi connectivity index (χ0v) is 13.8. The fourth-order valence-electron chi connectivity index (χ4n) is 3.78. The Morgan fingerprint density at radius 1 is 1.21 bits per heavy atom. The normalized spacial score (nSPS) is 25.8. The number of rotatable bonds is 4. The number of hydrogen-bond acceptors (Lipinski definition) is 3. The van der Waals surface area contributed by atoms with Crippen LogP contribution >= 0.6 is 0 Å². The number of carbonyl (C=O) groups is 1. The van der Waals surface area contributed by atoms with Crippen LogP contribution < -0.4 is 5.32 Å². The van der Waals surface area contributed by atoms with Crippen molar-refractivity contribution in [2.75, 3.05) is 26.4 Å². The van der Waals surface area contributed by atoms with Crippen LogP contribution in [0.25, 0.3) is 0 Å². The molecule has 2 aliphatic rings. The van der Waals surface area contributed by atoms with Crippen molar-refractivity contribution in [2.45, 2.75) is 38.8 Å². The molecule has 0 radical (unpaired) electrons. The van der Waals surface area contributed by atoms with Gasteiger partial charge in [-0.3, -0.25) is 9.36 Å². The van der Waals surface area contributed by atoms with Gasteiger partial charge in [0.2, 0.25) is 0 Å². The van der Waals surface area contributed by atoms with E-state index < -0.39 is 12.5 Å². The fourth-order valence-corrected chi connectivity index (χ4v) is 3.78. The molecule has 1 amide bonds. The molecule has 0 saturated carbocycles. The van der Waals surface area contributed by atoms with Gasteiger partial charge in [0.1, 0.15) is 5.69 Å². The van der Waals surface area contributed by atoms with E-state index in [0.29, 0.717) is 31.2 Å². The third-order valence-electron chi connectivity index (χ3n) is 5.14. The molecule has 2 aliphatic heterocycles. The van der Waals surface area contributed by atoms with Crippen molar-refractivity contribution in [2.24, 2.45) is 11.8 Å². The van der Waals surface area contributed by atoms with Crippen molar-refractivity contribution in [1.82, 2.24) is 9.88 Å². The van der Waals surface area contributed by atoms with Crippen molar-refractivity contribution in [3.8, 4) is 0 Å². The highest BCUT2D eigenvalue weighted by molar-refractivity contribution is 5.93. The van der Waals surface area contributed by atoms with Crippen LogP contribution in [0.3, 0.4) is 0 Å². The van der Waals surface area contributed by atoms with Gasteiger partial charge in [-0.1, -0.05) is 0 Å². The molecule has 1 aromatic rings. The third-order valence-corrected chi connectivity index (χ3v) is 5.14. The van der Waals surface area contributed by atoms with Crippen LogP contribution in [0.4, 0.5) is 8.78 Å². The summed E-state index contributed by atoms with van der Waals surface area (Å²) in [7, 11) is 0. The highest BCUT2D eigenvalue weighted by atomic mass is 19.3. The molecule has 0 spiro atoms. The van der Waals surface area contributed by atoms with E-state index in [4.69, 9.17) is 9.47 Å². The summed E-state index contributed by atoms with van der Waals surface area (Å²) in [6.45, 7) is 1.50. The highest BCUT2D eigenvalue weighted by Gasteiger charge is 2.35. The Kier molecular flexibility index (Phi) is 5.50. The van der Waals surface area contributed by atoms with Gasteiger partial charge in [0, 0.05) is 37.5 Å². The van der Waals surface area contributed by atoms with Gasteiger partial charge in [-0.2, -0.15) is 8.78 Å². The van der Waals surface area contributed by atoms with E-state index in [-0.39, 0.29) is 17.7 Å². The number of aryl methyl sites for hydroxylation is 1. The van der Waals surface area contributed by atoms with Gasteiger partial charge >= 0.3 is 6.55 Å².